The molecule has 2 aromatic heterocycles. The molecule has 1 aliphatic heterocycles. The molecule has 23 heavy (non-hydrogen) atoms. The van der Waals surface area contributed by atoms with Crippen molar-refractivity contribution >= 4 is 29.7 Å². The molecule has 2 atom stereocenters. The molecule has 1 aliphatic rings. The molecule has 3 N–H and O–H groups in total. The van der Waals surface area contributed by atoms with E-state index in [0.29, 0.717) is 24.7 Å². The van der Waals surface area contributed by atoms with Gasteiger partial charge >= 0.3 is 0 Å². The van der Waals surface area contributed by atoms with E-state index in [1.165, 1.54) is 17.7 Å². The van der Waals surface area contributed by atoms with E-state index in [1.807, 2.05) is 10.3 Å². The van der Waals surface area contributed by atoms with Crippen LogP contribution in [-0.2, 0) is 11.2 Å². The van der Waals surface area contributed by atoms with Gasteiger partial charge in [0.05, 0.1) is 12.1 Å². The lowest BCUT2D eigenvalue weighted by Crippen LogP contribution is -2.51. The van der Waals surface area contributed by atoms with Gasteiger partial charge in [0.1, 0.15) is 6.33 Å². The van der Waals surface area contributed by atoms with Gasteiger partial charge in [-0.25, -0.2) is 9.97 Å². The molecule has 9 heteroatoms. The fraction of sp³-hybridized carbons (Fsp3) is 0.571. The zero-order chi connectivity index (χ0) is 15.5. The van der Waals surface area contributed by atoms with Gasteiger partial charge in [-0.1, -0.05) is 6.92 Å². The summed E-state index contributed by atoms with van der Waals surface area (Å²) >= 11 is 1.46. The number of carbonyl (C=O) groups is 1. The van der Waals surface area contributed by atoms with Crippen LogP contribution in [-0.4, -0.2) is 50.1 Å². The van der Waals surface area contributed by atoms with Crippen molar-refractivity contribution in [3.63, 3.8) is 0 Å². The Bertz CT molecular complexity index is 631. The van der Waals surface area contributed by atoms with Crippen molar-refractivity contribution in [1.82, 2.24) is 25.1 Å². The Morgan fingerprint density at radius 3 is 3.09 bits per heavy atom. The summed E-state index contributed by atoms with van der Waals surface area (Å²) in [4.78, 5) is 23.0. The molecule has 0 aromatic carbocycles. The summed E-state index contributed by atoms with van der Waals surface area (Å²) in [5.74, 6) is 1.20. The predicted octanol–water partition coefficient (Wildman–Crippen LogP) is 1.48. The van der Waals surface area contributed by atoms with Gasteiger partial charge < -0.3 is 10.6 Å². The number of halogens is 1. The van der Waals surface area contributed by atoms with Crippen LogP contribution in [0.15, 0.2) is 11.7 Å². The molecule has 0 bridgehead atoms. The summed E-state index contributed by atoms with van der Waals surface area (Å²) < 4.78 is 0. The molecular formula is C14H21ClN6OS. The third-order valence-electron chi connectivity index (χ3n) is 4.18. The normalized spacial score (nSPS) is 21.0. The van der Waals surface area contributed by atoms with Gasteiger partial charge in [-0.3, -0.25) is 9.89 Å². The van der Waals surface area contributed by atoms with Crippen LogP contribution in [0.25, 0.3) is 10.8 Å². The molecule has 7 nitrogen and oxygen atoms in total. The highest BCUT2D eigenvalue weighted by Crippen LogP contribution is 2.24. The second kappa shape index (κ2) is 7.85. The van der Waals surface area contributed by atoms with Gasteiger partial charge in [-0.2, -0.15) is 5.10 Å². The zero-order valence-corrected chi connectivity index (χ0v) is 14.6. The van der Waals surface area contributed by atoms with Gasteiger partial charge in [-0.05, 0) is 18.8 Å². The van der Waals surface area contributed by atoms with E-state index in [4.69, 9.17) is 5.73 Å². The van der Waals surface area contributed by atoms with Crippen LogP contribution in [0.2, 0.25) is 0 Å². The second-order valence-electron chi connectivity index (χ2n) is 5.66. The Morgan fingerprint density at radius 1 is 1.57 bits per heavy atom. The first-order chi connectivity index (χ1) is 10.7. The smallest absolute Gasteiger partial charge is 0.228 e. The molecular weight excluding hydrogens is 336 g/mol. The molecule has 1 fully saturated rings. The second-order valence-corrected chi connectivity index (χ2v) is 6.52. The van der Waals surface area contributed by atoms with Gasteiger partial charge in [0.2, 0.25) is 5.91 Å². The number of aromatic nitrogens is 4. The van der Waals surface area contributed by atoms with Crippen LogP contribution in [0.3, 0.4) is 0 Å². The van der Waals surface area contributed by atoms with Crippen LogP contribution in [0.5, 0.6) is 0 Å². The lowest BCUT2D eigenvalue weighted by atomic mass is 9.90. The van der Waals surface area contributed by atoms with E-state index in [0.717, 1.165) is 30.1 Å². The van der Waals surface area contributed by atoms with Crippen LogP contribution in [0, 0.1) is 5.92 Å². The number of aromatic amines is 1. The van der Waals surface area contributed by atoms with Crippen LogP contribution >= 0.6 is 23.7 Å². The molecule has 1 saturated heterocycles. The monoisotopic (exact) mass is 356 g/mol. The highest BCUT2D eigenvalue weighted by molar-refractivity contribution is 7.13. The summed E-state index contributed by atoms with van der Waals surface area (Å²) in [5, 5.41) is 9.25. The maximum absolute atomic E-state index is 12.6. The Hall–Kier alpha value is -1.51. The summed E-state index contributed by atoms with van der Waals surface area (Å²) in [6, 6.07) is 0.147. The lowest BCUT2D eigenvalue weighted by molar-refractivity contribution is -0.135. The van der Waals surface area contributed by atoms with Crippen LogP contribution < -0.4 is 5.73 Å². The zero-order valence-electron chi connectivity index (χ0n) is 12.9. The first-order valence-electron chi connectivity index (χ1n) is 7.48. The Balaban J connectivity index is 0.00000192. The lowest BCUT2D eigenvalue weighted by Gasteiger charge is -2.39. The average molecular weight is 357 g/mol. The molecule has 0 radical (unpaired) electrons. The van der Waals surface area contributed by atoms with Gasteiger partial charge in [-0.15, -0.1) is 23.7 Å². The minimum absolute atomic E-state index is 0. The van der Waals surface area contributed by atoms with E-state index in [-0.39, 0.29) is 24.4 Å². The minimum atomic E-state index is 0. The number of nitrogens with zero attached hydrogens (tertiary/aromatic N) is 4. The average Bonchev–Trinajstić information content (AvgIpc) is 3.17. The third-order valence-corrected chi connectivity index (χ3v) is 5.08. The van der Waals surface area contributed by atoms with E-state index in [9.17, 15) is 4.79 Å². The number of H-pyrrole nitrogens is 1. The number of piperidine rings is 1. The number of hydrogen-bond acceptors (Lipinski definition) is 6. The first kappa shape index (κ1) is 17.8. The van der Waals surface area contributed by atoms with Crippen molar-refractivity contribution in [1.29, 1.82) is 0 Å². The van der Waals surface area contributed by atoms with Crippen molar-refractivity contribution in [2.24, 2.45) is 11.7 Å². The Labute approximate surface area is 145 Å². The molecule has 2 unspecified atom stereocenters. The first-order valence-corrected chi connectivity index (χ1v) is 8.36. The number of likely N-dealkylation sites (tertiary alicyclic amines) is 1. The fourth-order valence-corrected chi connectivity index (χ4v) is 3.74. The van der Waals surface area contributed by atoms with Crippen LogP contribution in [0.1, 0.15) is 25.5 Å². The molecule has 3 heterocycles. The van der Waals surface area contributed by atoms with Crippen molar-refractivity contribution in [3.8, 4) is 10.8 Å². The number of nitrogens with one attached hydrogen (secondary N) is 1. The maximum Gasteiger partial charge on any atom is 0.228 e. The SMILES string of the molecule is CC1CCCN(C(=O)Cc2csc(-c3ncn[nH]3)n2)C1CN.Cl. The summed E-state index contributed by atoms with van der Waals surface area (Å²) in [6.07, 6.45) is 3.94. The van der Waals surface area contributed by atoms with E-state index < -0.39 is 0 Å². The topological polar surface area (TPSA) is 101 Å². The van der Waals surface area contributed by atoms with Crippen molar-refractivity contribution in [2.45, 2.75) is 32.2 Å². The van der Waals surface area contributed by atoms with Crippen molar-refractivity contribution in [2.75, 3.05) is 13.1 Å². The Kier molecular flexibility index (Phi) is 6.09. The molecule has 3 rings (SSSR count). The number of amides is 1. The van der Waals surface area contributed by atoms with Crippen molar-refractivity contribution < 1.29 is 4.79 Å². The summed E-state index contributed by atoms with van der Waals surface area (Å²) in [6.45, 7) is 3.49. The third kappa shape index (κ3) is 3.88. The number of hydrogen-bond donors (Lipinski definition) is 2. The largest absolute Gasteiger partial charge is 0.338 e. The number of thiazole rings is 1. The molecule has 126 valence electrons. The van der Waals surface area contributed by atoms with Crippen LogP contribution in [0.4, 0.5) is 0 Å². The number of nitrogens with two attached hydrogens (primary N) is 1. The quantitative estimate of drug-likeness (QED) is 0.864. The van der Waals surface area contributed by atoms with E-state index >= 15 is 0 Å². The number of carbonyl (C=O) groups excluding carboxylic acids is 1. The summed E-state index contributed by atoms with van der Waals surface area (Å²) in [7, 11) is 0. The highest BCUT2D eigenvalue weighted by Gasteiger charge is 2.30. The van der Waals surface area contributed by atoms with Gasteiger partial charge in [0.25, 0.3) is 0 Å². The van der Waals surface area contributed by atoms with E-state index in [2.05, 4.69) is 27.1 Å². The Morgan fingerprint density at radius 2 is 2.39 bits per heavy atom. The fourth-order valence-electron chi connectivity index (χ4n) is 2.98. The molecule has 0 aliphatic carbocycles. The molecule has 0 saturated carbocycles. The summed E-state index contributed by atoms with van der Waals surface area (Å²) in [5.41, 5.74) is 6.63. The minimum Gasteiger partial charge on any atom is -0.338 e. The van der Waals surface area contributed by atoms with Gasteiger partial charge in [0, 0.05) is 24.5 Å². The maximum atomic E-state index is 12.6. The standard InChI is InChI=1S/C14H20N6OS.ClH/c1-9-3-2-4-20(11(9)6-15)12(21)5-10-7-22-14(18-10)13-16-8-17-19-13;/h7-9,11H,2-6,15H2,1H3,(H,16,17,19);1H. The molecule has 0 spiro atoms. The highest BCUT2D eigenvalue weighted by atomic mass is 35.5. The molecule has 2 aromatic rings. The predicted molar refractivity (Wildman–Crippen MR) is 91.4 cm³/mol. The number of rotatable bonds is 4. The molecule has 1 amide bonds. The van der Waals surface area contributed by atoms with Crippen molar-refractivity contribution in [3.05, 3.63) is 17.4 Å². The van der Waals surface area contributed by atoms with E-state index in [1.54, 1.807) is 0 Å². The van der Waals surface area contributed by atoms with Gasteiger partial charge in [0.15, 0.2) is 10.8 Å².